The topological polar surface area (TPSA) is 67.4 Å². The minimum absolute atomic E-state index is 0.344. The average Bonchev–Trinajstić information content (AvgIpc) is 2.26. The number of urea groups is 1. The lowest BCUT2D eigenvalue weighted by atomic mass is 9.96. The summed E-state index contributed by atoms with van der Waals surface area (Å²) in [5.74, 6) is -0.346. The number of carbonyl (C=O) groups is 2. The zero-order valence-electron chi connectivity index (χ0n) is 7.30. The minimum atomic E-state index is -0.939. The Morgan fingerprint density at radius 1 is 1.50 bits per heavy atom. The Balaban J connectivity index is 2.84. The van der Waals surface area contributed by atoms with Crippen LogP contribution in [0.1, 0.15) is 13.8 Å². The zero-order chi connectivity index (χ0) is 9.35. The van der Waals surface area contributed by atoms with Crippen LogP contribution in [-0.2, 0) is 9.53 Å². The van der Waals surface area contributed by atoms with E-state index in [2.05, 4.69) is 10.6 Å². The SMILES string of the molecule is CO[C@H](C)[C@@]1(C)NC(=O)NC1=O. The lowest BCUT2D eigenvalue weighted by molar-refractivity contribution is -0.127. The maximum Gasteiger partial charge on any atom is 0.322 e. The lowest BCUT2D eigenvalue weighted by Crippen LogP contribution is -2.53. The first-order chi connectivity index (χ1) is 5.50. The summed E-state index contributed by atoms with van der Waals surface area (Å²) in [7, 11) is 1.49. The molecule has 68 valence electrons. The van der Waals surface area contributed by atoms with Gasteiger partial charge in [0.25, 0.3) is 5.91 Å². The highest BCUT2D eigenvalue weighted by atomic mass is 16.5. The minimum Gasteiger partial charge on any atom is -0.379 e. The van der Waals surface area contributed by atoms with Crippen molar-refractivity contribution >= 4 is 11.9 Å². The van der Waals surface area contributed by atoms with E-state index in [9.17, 15) is 9.59 Å². The second-order valence-electron chi connectivity index (χ2n) is 2.99. The number of imide groups is 1. The molecular weight excluding hydrogens is 160 g/mol. The van der Waals surface area contributed by atoms with Crippen molar-refractivity contribution in [2.75, 3.05) is 7.11 Å². The summed E-state index contributed by atoms with van der Waals surface area (Å²) in [5.41, 5.74) is -0.939. The third-order valence-electron chi connectivity index (χ3n) is 2.24. The van der Waals surface area contributed by atoms with Gasteiger partial charge in [0.05, 0.1) is 6.10 Å². The molecule has 0 aromatic heterocycles. The molecule has 0 spiro atoms. The Morgan fingerprint density at radius 2 is 2.08 bits per heavy atom. The van der Waals surface area contributed by atoms with Crippen molar-refractivity contribution in [3.05, 3.63) is 0 Å². The summed E-state index contributed by atoms with van der Waals surface area (Å²) in [6.45, 7) is 3.35. The normalized spacial score (nSPS) is 31.2. The van der Waals surface area contributed by atoms with Gasteiger partial charge in [-0.25, -0.2) is 4.79 Å². The van der Waals surface area contributed by atoms with Crippen molar-refractivity contribution < 1.29 is 14.3 Å². The number of nitrogens with one attached hydrogen (secondary N) is 2. The monoisotopic (exact) mass is 172 g/mol. The van der Waals surface area contributed by atoms with E-state index in [0.29, 0.717) is 0 Å². The first-order valence-electron chi connectivity index (χ1n) is 3.67. The number of methoxy groups -OCH3 is 1. The molecule has 0 unspecified atom stereocenters. The van der Waals surface area contributed by atoms with Gasteiger partial charge >= 0.3 is 6.03 Å². The number of amides is 3. The van der Waals surface area contributed by atoms with E-state index >= 15 is 0 Å². The molecule has 0 aliphatic carbocycles. The summed E-state index contributed by atoms with van der Waals surface area (Å²) in [4.78, 5) is 22.0. The van der Waals surface area contributed by atoms with Gasteiger partial charge in [-0.1, -0.05) is 0 Å². The van der Waals surface area contributed by atoms with E-state index in [1.54, 1.807) is 13.8 Å². The molecule has 1 heterocycles. The van der Waals surface area contributed by atoms with Crippen molar-refractivity contribution in [3.63, 3.8) is 0 Å². The fraction of sp³-hybridized carbons (Fsp3) is 0.714. The van der Waals surface area contributed by atoms with E-state index in [4.69, 9.17) is 4.74 Å². The standard InChI is InChI=1S/C7H12N2O3/c1-4(12-3)7(2)5(10)8-6(11)9-7/h4H,1-3H3,(H2,8,9,10,11)/t4-,7-/m1/s1. The summed E-state index contributed by atoms with van der Waals surface area (Å²) in [5, 5.41) is 4.66. The Labute approximate surface area is 70.5 Å². The van der Waals surface area contributed by atoms with Crippen LogP contribution in [-0.4, -0.2) is 30.7 Å². The summed E-state index contributed by atoms with van der Waals surface area (Å²) >= 11 is 0. The molecule has 2 N–H and O–H groups in total. The molecule has 2 atom stereocenters. The molecule has 3 amide bonds. The quantitative estimate of drug-likeness (QED) is 0.558. The van der Waals surface area contributed by atoms with Crippen molar-refractivity contribution in [1.82, 2.24) is 10.6 Å². The maximum absolute atomic E-state index is 11.2. The van der Waals surface area contributed by atoms with Crippen molar-refractivity contribution in [2.45, 2.75) is 25.5 Å². The van der Waals surface area contributed by atoms with Gasteiger partial charge < -0.3 is 10.1 Å². The lowest BCUT2D eigenvalue weighted by Gasteiger charge is -2.26. The zero-order valence-corrected chi connectivity index (χ0v) is 7.30. The molecule has 0 aromatic carbocycles. The fourth-order valence-electron chi connectivity index (χ4n) is 1.08. The second-order valence-corrected chi connectivity index (χ2v) is 2.99. The first-order valence-corrected chi connectivity index (χ1v) is 3.67. The molecule has 5 heteroatoms. The largest absolute Gasteiger partial charge is 0.379 e. The summed E-state index contributed by atoms with van der Waals surface area (Å²) < 4.78 is 4.98. The number of carbonyl (C=O) groups excluding carboxylic acids is 2. The molecule has 1 aliphatic rings. The summed E-state index contributed by atoms with van der Waals surface area (Å²) in [6, 6.07) is -0.466. The van der Waals surface area contributed by atoms with Crippen LogP contribution in [0.2, 0.25) is 0 Å². The Bertz CT molecular complexity index is 229. The third kappa shape index (κ3) is 1.16. The molecule has 0 bridgehead atoms. The van der Waals surface area contributed by atoms with Gasteiger partial charge in [0, 0.05) is 7.11 Å². The van der Waals surface area contributed by atoms with Crippen LogP contribution in [0.25, 0.3) is 0 Å². The Kier molecular flexibility index (Phi) is 2.06. The second kappa shape index (κ2) is 2.75. The van der Waals surface area contributed by atoms with Gasteiger partial charge in [-0.15, -0.1) is 0 Å². The van der Waals surface area contributed by atoms with Crippen molar-refractivity contribution in [1.29, 1.82) is 0 Å². The van der Waals surface area contributed by atoms with E-state index in [1.165, 1.54) is 7.11 Å². The number of hydrogen-bond donors (Lipinski definition) is 2. The highest BCUT2D eigenvalue weighted by Gasteiger charge is 2.46. The molecule has 1 rings (SSSR count). The maximum atomic E-state index is 11.2. The van der Waals surface area contributed by atoms with Crippen molar-refractivity contribution in [2.24, 2.45) is 0 Å². The molecule has 1 saturated heterocycles. The van der Waals surface area contributed by atoms with E-state index in [1.807, 2.05) is 0 Å². The van der Waals surface area contributed by atoms with Crippen LogP contribution >= 0.6 is 0 Å². The van der Waals surface area contributed by atoms with E-state index in [-0.39, 0.29) is 12.0 Å². The van der Waals surface area contributed by atoms with Gasteiger partial charge in [0.1, 0.15) is 5.54 Å². The first kappa shape index (κ1) is 8.99. The highest BCUT2D eigenvalue weighted by molar-refractivity contribution is 6.07. The van der Waals surface area contributed by atoms with Crippen LogP contribution < -0.4 is 10.6 Å². The Morgan fingerprint density at radius 3 is 2.42 bits per heavy atom. The fourth-order valence-corrected chi connectivity index (χ4v) is 1.08. The van der Waals surface area contributed by atoms with Crippen molar-refractivity contribution in [3.8, 4) is 0 Å². The van der Waals surface area contributed by atoms with Gasteiger partial charge in [-0.3, -0.25) is 10.1 Å². The van der Waals surface area contributed by atoms with Crippen LogP contribution in [0.15, 0.2) is 0 Å². The molecule has 0 saturated carbocycles. The highest BCUT2D eigenvalue weighted by Crippen LogP contribution is 2.16. The summed E-state index contributed by atoms with van der Waals surface area (Å²) in [6.07, 6.45) is -0.344. The molecule has 12 heavy (non-hydrogen) atoms. The third-order valence-corrected chi connectivity index (χ3v) is 2.24. The number of ether oxygens (including phenoxy) is 1. The van der Waals surface area contributed by atoms with Gasteiger partial charge in [0.2, 0.25) is 0 Å². The Hall–Kier alpha value is -1.10. The van der Waals surface area contributed by atoms with Gasteiger partial charge in [-0.05, 0) is 13.8 Å². The number of hydrogen-bond acceptors (Lipinski definition) is 3. The predicted molar refractivity (Wildman–Crippen MR) is 41.6 cm³/mol. The molecule has 0 radical (unpaired) electrons. The molecule has 1 aliphatic heterocycles. The van der Waals surface area contributed by atoms with Gasteiger partial charge in [0.15, 0.2) is 0 Å². The predicted octanol–water partition coefficient (Wildman–Crippen LogP) is -0.381. The molecule has 1 fully saturated rings. The van der Waals surface area contributed by atoms with Crippen LogP contribution in [0.5, 0.6) is 0 Å². The molecular formula is C7H12N2O3. The van der Waals surface area contributed by atoms with Gasteiger partial charge in [-0.2, -0.15) is 0 Å². The van der Waals surface area contributed by atoms with Crippen LogP contribution in [0.3, 0.4) is 0 Å². The van der Waals surface area contributed by atoms with Crippen LogP contribution in [0.4, 0.5) is 4.79 Å². The molecule has 0 aromatic rings. The van der Waals surface area contributed by atoms with E-state index in [0.717, 1.165) is 0 Å². The molecule has 5 nitrogen and oxygen atoms in total. The smallest absolute Gasteiger partial charge is 0.322 e. The van der Waals surface area contributed by atoms with Crippen LogP contribution in [0, 0.1) is 0 Å². The average molecular weight is 172 g/mol. The van der Waals surface area contributed by atoms with E-state index < -0.39 is 11.6 Å². The number of rotatable bonds is 2.